The van der Waals surface area contributed by atoms with Crippen LogP contribution >= 0.6 is 0 Å². The quantitative estimate of drug-likeness (QED) is 0.0399. The molecule has 1 fully saturated rings. The zero-order valence-electron chi connectivity index (χ0n) is 31.4. The van der Waals surface area contributed by atoms with Crippen molar-refractivity contribution in [2.75, 3.05) is 40.4 Å². The molecule has 3 heteroatoms. The first-order valence-corrected chi connectivity index (χ1v) is 20.4. The van der Waals surface area contributed by atoms with Gasteiger partial charge in [0.15, 0.2) is 0 Å². The summed E-state index contributed by atoms with van der Waals surface area (Å²) in [7, 11) is 4.65. The predicted molar refractivity (Wildman–Crippen MR) is 200 cm³/mol. The molecule has 2 unspecified atom stereocenters. The number of rotatable bonds is 34. The van der Waals surface area contributed by atoms with Crippen LogP contribution in [0.15, 0.2) is 24.3 Å². The molecule has 45 heavy (non-hydrogen) atoms. The Bertz CT molecular complexity index is 603. The molecule has 0 aromatic rings. The van der Waals surface area contributed by atoms with Gasteiger partial charge in [0.1, 0.15) is 25.3 Å². The molecule has 0 amide bonds. The summed E-state index contributed by atoms with van der Waals surface area (Å²) in [4.78, 5) is 0. The van der Waals surface area contributed by atoms with Crippen molar-refractivity contribution in [3.05, 3.63) is 24.3 Å². The topological polar surface area (TPSA) is 18.5 Å². The first-order valence-electron chi connectivity index (χ1n) is 20.4. The maximum Gasteiger partial charge on any atom is 0.138 e. The van der Waals surface area contributed by atoms with Crippen LogP contribution < -0.4 is 0 Å². The third kappa shape index (κ3) is 28.1. The maximum atomic E-state index is 6.40. The van der Waals surface area contributed by atoms with Gasteiger partial charge in [0.2, 0.25) is 0 Å². The van der Waals surface area contributed by atoms with Crippen molar-refractivity contribution in [2.45, 2.75) is 206 Å². The summed E-state index contributed by atoms with van der Waals surface area (Å²) in [5.74, 6) is 0. The molecule has 0 aliphatic carbocycles. The van der Waals surface area contributed by atoms with Crippen LogP contribution in [0, 0.1) is 0 Å². The zero-order chi connectivity index (χ0) is 32.5. The Morgan fingerprint density at radius 3 is 0.978 bits per heavy atom. The van der Waals surface area contributed by atoms with Crippen molar-refractivity contribution >= 4 is 0 Å². The van der Waals surface area contributed by atoms with E-state index < -0.39 is 0 Å². The zero-order valence-corrected chi connectivity index (χ0v) is 31.4. The largest absolute Gasteiger partial charge is 0.369 e. The molecular formula is C42H82NO2+. The fourth-order valence-electron chi connectivity index (χ4n) is 6.77. The first kappa shape index (κ1) is 42.4. The number of hydrogen-bond acceptors (Lipinski definition) is 2. The minimum absolute atomic E-state index is 0.275. The summed E-state index contributed by atoms with van der Waals surface area (Å²) < 4.78 is 13.8. The summed E-state index contributed by atoms with van der Waals surface area (Å²) in [5, 5.41) is 0. The number of quaternary nitrogens is 1. The molecule has 0 spiro atoms. The number of likely N-dealkylation sites (N-methyl/N-ethyl adjacent to an activating group) is 1. The van der Waals surface area contributed by atoms with E-state index >= 15 is 0 Å². The molecule has 3 nitrogen and oxygen atoms in total. The minimum atomic E-state index is 0.275. The monoisotopic (exact) mass is 633 g/mol. The number of hydrogen-bond donors (Lipinski definition) is 0. The summed E-state index contributed by atoms with van der Waals surface area (Å²) >= 11 is 0. The van der Waals surface area contributed by atoms with Gasteiger partial charge in [-0.1, -0.05) is 154 Å². The molecule has 1 saturated heterocycles. The molecule has 0 N–H and O–H groups in total. The second kappa shape index (κ2) is 31.9. The lowest BCUT2D eigenvalue weighted by Gasteiger charge is -2.22. The van der Waals surface area contributed by atoms with E-state index in [1.807, 2.05) is 0 Å². The van der Waals surface area contributed by atoms with E-state index in [4.69, 9.17) is 9.47 Å². The van der Waals surface area contributed by atoms with Crippen molar-refractivity contribution in [3.8, 4) is 0 Å². The average molecular weight is 633 g/mol. The van der Waals surface area contributed by atoms with Gasteiger partial charge in [-0.3, -0.25) is 0 Å². The first-order chi connectivity index (χ1) is 22.1. The van der Waals surface area contributed by atoms with Gasteiger partial charge in [-0.05, 0) is 64.2 Å². The predicted octanol–water partition coefficient (Wildman–Crippen LogP) is 12.9. The molecule has 1 aliphatic heterocycles. The van der Waals surface area contributed by atoms with Crippen LogP contribution in [0.2, 0.25) is 0 Å². The Morgan fingerprint density at radius 1 is 0.400 bits per heavy atom. The van der Waals surface area contributed by atoms with Crippen LogP contribution in [-0.4, -0.2) is 57.1 Å². The number of likely N-dealkylation sites (tertiary alicyclic amines) is 1. The molecule has 0 saturated carbocycles. The van der Waals surface area contributed by atoms with Gasteiger partial charge in [0.25, 0.3) is 0 Å². The summed E-state index contributed by atoms with van der Waals surface area (Å²) in [6, 6.07) is 0. The van der Waals surface area contributed by atoms with E-state index in [-0.39, 0.29) is 12.2 Å². The molecule has 1 rings (SSSR count). The number of unbranched alkanes of at least 4 members (excludes halogenated alkanes) is 24. The molecule has 0 aromatic heterocycles. The number of ether oxygens (including phenoxy) is 2. The molecule has 1 aliphatic rings. The van der Waals surface area contributed by atoms with Crippen LogP contribution in [0.1, 0.15) is 194 Å². The van der Waals surface area contributed by atoms with E-state index in [1.54, 1.807) is 0 Å². The normalized spacial score (nSPS) is 18.2. The number of allylic oxidation sites excluding steroid dienone is 4. The molecule has 2 atom stereocenters. The second-order valence-electron chi connectivity index (χ2n) is 15.0. The molecular weight excluding hydrogens is 550 g/mol. The van der Waals surface area contributed by atoms with E-state index in [0.29, 0.717) is 0 Å². The van der Waals surface area contributed by atoms with Crippen molar-refractivity contribution < 1.29 is 14.0 Å². The van der Waals surface area contributed by atoms with Crippen LogP contribution in [0.25, 0.3) is 0 Å². The SMILES string of the molecule is CCCCCCCC/C=C\CCCCCCCCOC1C[N+](C)(C)CC1OCCCCCCCC/C=C\CCCCCCCC. The summed E-state index contributed by atoms with van der Waals surface area (Å²) in [5.41, 5.74) is 0. The summed E-state index contributed by atoms with van der Waals surface area (Å²) in [6.07, 6.45) is 48.1. The lowest BCUT2D eigenvalue weighted by molar-refractivity contribution is -0.880. The second-order valence-corrected chi connectivity index (χ2v) is 15.0. The van der Waals surface area contributed by atoms with Gasteiger partial charge in [-0.2, -0.15) is 0 Å². The van der Waals surface area contributed by atoms with E-state index in [2.05, 4.69) is 52.2 Å². The number of nitrogens with zero attached hydrogens (tertiary/aromatic N) is 1. The van der Waals surface area contributed by atoms with Crippen molar-refractivity contribution in [2.24, 2.45) is 0 Å². The fraction of sp³-hybridized carbons (Fsp3) is 0.905. The third-order valence-electron chi connectivity index (χ3n) is 9.74. The Balaban J connectivity index is 1.93. The smallest absolute Gasteiger partial charge is 0.138 e. The molecule has 1 heterocycles. The van der Waals surface area contributed by atoms with Gasteiger partial charge < -0.3 is 14.0 Å². The third-order valence-corrected chi connectivity index (χ3v) is 9.74. The highest BCUT2D eigenvalue weighted by atomic mass is 16.5. The van der Waals surface area contributed by atoms with Gasteiger partial charge in [-0.25, -0.2) is 0 Å². The Morgan fingerprint density at radius 2 is 0.667 bits per heavy atom. The molecule has 0 aromatic carbocycles. The standard InChI is InChI=1S/C42H82NO2/c1-5-7-9-11-13-15-17-19-21-23-25-27-29-31-33-35-37-44-41-39-43(3,4)40-42(41)45-38-36-34-32-30-28-26-24-22-20-18-16-14-12-10-8-6-2/h19-22,41-42H,5-18,23-40H2,1-4H3/q+1/b21-19-,22-20-. The van der Waals surface area contributed by atoms with Gasteiger partial charge in [0, 0.05) is 13.2 Å². The van der Waals surface area contributed by atoms with Gasteiger partial charge in [-0.15, -0.1) is 0 Å². The molecule has 0 bridgehead atoms. The molecule has 0 radical (unpaired) electrons. The van der Waals surface area contributed by atoms with Gasteiger partial charge in [0.05, 0.1) is 14.1 Å². The lowest BCUT2D eigenvalue weighted by Crippen LogP contribution is -2.38. The highest BCUT2D eigenvalue weighted by molar-refractivity contribution is 4.82. The van der Waals surface area contributed by atoms with E-state index in [9.17, 15) is 0 Å². The Labute approximate surface area is 284 Å². The van der Waals surface area contributed by atoms with Crippen LogP contribution in [0.4, 0.5) is 0 Å². The fourth-order valence-corrected chi connectivity index (χ4v) is 6.77. The van der Waals surface area contributed by atoms with Crippen LogP contribution in [-0.2, 0) is 9.47 Å². The highest BCUT2D eigenvalue weighted by Gasteiger charge is 2.41. The summed E-state index contributed by atoms with van der Waals surface area (Å²) in [6.45, 7) is 8.56. The van der Waals surface area contributed by atoms with Crippen LogP contribution in [0.5, 0.6) is 0 Å². The minimum Gasteiger partial charge on any atom is -0.369 e. The van der Waals surface area contributed by atoms with Crippen molar-refractivity contribution in [3.63, 3.8) is 0 Å². The van der Waals surface area contributed by atoms with Crippen molar-refractivity contribution in [1.82, 2.24) is 0 Å². The Kier molecular flexibility index (Phi) is 30.1. The Hall–Kier alpha value is -0.640. The van der Waals surface area contributed by atoms with Crippen LogP contribution in [0.3, 0.4) is 0 Å². The lowest BCUT2D eigenvalue weighted by atomic mass is 10.1. The highest BCUT2D eigenvalue weighted by Crippen LogP contribution is 2.22. The van der Waals surface area contributed by atoms with E-state index in [0.717, 1.165) is 30.8 Å². The van der Waals surface area contributed by atoms with E-state index in [1.165, 1.54) is 180 Å². The van der Waals surface area contributed by atoms with Crippen molar-refractivity contribution in [1.29, 1.82) is 0 Å². The molecule has 266 valence electrons. The average Bonchev–Trinajstić information content (AvgIpc) is 3.32. The van der Waals surface area contributed by atoms with Gasteiger partial charge >= 0.3 is 0 Å². The maximum absolute atomic E-state index is 6.40.